The lowest BCUT2D eigenvalue weighted by Gasteiger charge is -2.46. The molecule has 0 saturated carbocycles. The molecule has 1 fully saturated rings. The number of carbonyl (C=O) groups is 2. The first kappa shape index (κ1) is 26.9. The van der Waals surface area contributed by atoms with Gasteiger partial charge in [-0.25, -0.2) is 0 Å². The first-order chi connectivity index (χ1) is 14.1. The topological polar surface area (TPSA) is 86.6 Å². The van der Waals surface area contributed by atoms with Crippen LogP contribution in [-0.2, 0) is 9.59 Å². The molecule has 176 valence electrons. The van der Waals surface area contributed by atoms with Crippen LogP contribution in [0.2, 0.25) is 0 Å². The second kappa shape index (κ2) is 13.3. The molecule has 0 bridgehead atoms. The Morgan fingerprint density at radius 2 is 1.50 bits per heavy atom. The SMILES string of the molecule is CC(C)(CCCCC1CCNCC1)C(C)(C)C(CCCCCCCC(=O)O)C(=O)O. The van der Waals surface area contributed by atoms with Crippen molar-refractivity contribution >= 4 is 11.9 Å². The molecule has 0 aromatic rings. The summed E-state index contributed by atoms with van der Waals surface area (Å²) >= 11 is 0. The van der Waals surface area contributed by atoms with Crippen LogP contribution in [-0.4, -0.2) is 35.2 Å². The van der Waals surface area contributed by atoms with Gasteiger partial charge in [-0.2, -0.15) is 0 Å². The van der Waals surface area contributed by atoms with Gasteiger partial charge in [-0.3, -0.25) is 9.59 Å². The molecule has 1 heterocycles. The number of carboxylic acids is 2. The lowest BCUT2D eigenvalue weighted by Crippen LogP contribution is -2.42. The van der Waals surface area contributed by atoms with E-state index in [2.05, 4.69) is 33.0 Å². The fraction of sp³-hybridized carbons (Fsp3) is 0.920. The number of carboxylic acid groups (broad SMARTS) is 2. The van der Waals surface area contributed by atoms with Gasteiger partial charge in [0.25, 0.3) is 0 Å². The van der Waals surface area contributed by atoms with E-state index in [1.165, 1.54) is 32.1 Å². The molecule has 1 rings (SSSR count). The van der Waals surface area contributed by atoms with E-state index in [4.69, 9.17) is 5.11 Å². The molecule has 1 aliphatic heterocycles. The number of hydrogen-bond donors (Lipinski definition) is 3. The summed E-state index contributed by atoms with van der Waals surface area (Å²) in [7, 11) is 0. The predicted octanol–water partition coefficient (Wildman–Crippen LogP) is 6.11. The zero-order valence-corrected chi connectivity index (χ0v) is 20.0. The van der Waals surface area contributed by atoms with Crippen molar-refractivity contribution in [3.05, 3.63) is 0 Å². The molecular weight excluding hydrogens is 378 g/mol. The van der Waals surface area contributed by atoms with E-state index in [0.29, 0.717) is 12.8 Å². The van der Waals surface area contributed by atoms with Crippen LogP contribution in [0.25, 0.3) is 0 Å². The van der Waals surface area contributed by atoms with Gasteiger partial charge in [-0.05, 0) is 61.9 Å². The summed E-state index contributed by atoms with van der Waals surface area (Å²) in [5, 5.41) is 22.1. The van der Waals surface area contributed by atoms with Gasteiger partial charge in [0.05, 0.1) is 5.92 Å². The average molecular weight is 426 g/mol. The molecule has 1 saturated heterocycles. The second-order valence-electron chi connectivity index (χ2n) is 10.6. The van der Waals surface area contributed by atoms with Crippen molar-refractivity contribution in [2.45, 2.75) is 111 Å². The van der Waals surface area contributed by atoms with Crippen molar-refractivity contribution in [3.63, 3.8) is 0 Å². The third kappa shape index (κ3) is 9.36. The second-order valence-corrected chi connectivity index (χ2v) is 10.6. The fourth-order valence-corrected chi connectivity index (χ4v) is 4.91. The lowest BCUT2D eigenvalue weighted by atomic mass is 9.58. The van der Waals surface area contributed by atoms with Crippen LogP contribution in [0.4, 0.5) is 0 Å². The zero-order chi connectivity index (χ0) is 22.6. The molecule has 0 aliphatic carbocycles. The minimum absolute atomic E-state index is 0.0222. The number of aliphatic carboxylic acids is 2. The molecule has 1 aliphatic rings. The van der Waals surface area contributed by atoms with E-state index in [1.54, 1.807) is 0 Å². The summed E-state index contributed by atoms with van der Waals surface area (Å²) in [5.41, 5.74) is -0.289. The maximum absolute atomic E-state index is 12.1. The molecule has 0 amide bonds. The zero-order valence-electron chi connectivity index (χ0n) is 20.0. The summed E-state index contributed by atoms with van der Waals surface area (Å²) in [6.07, 6.45) is 12.8. The molecule has 5 nitrogen and oxygen atoms in total. The minimum atomic E-state index is -0.735. The molecular formula is C25H47NO4. The van der Waals surface area contributed by atoms with Gasteiger partial charge in [0.15, 0.2) is 0 Å². The summed E-state index contributed by atoms with van der Waals surface area (Å²) in [6.45, 7) is 11.1. The number of rotatable bonds is 16. The number of unbranched alkanes of at least 4 members (excludes halogenated alkanes) is 5. The van der Waals surface area contributed by atoms with Crippen LogP contribution in [0, 0.1) is 22.7 Å². The quantitative estimate of drug-likeness (QED) is 0.260. The summed E-state index contributed by atoms with van der Waals surface area (Å²) in [4.78, 5) is 22.7. The maximum atomic E-state index is 12.1. The van der Waals surface area contributed by atoms with E-state index < -0.39 is 11.9 Å². The van der Waals surface area contributed by atoms with Gasteiger partial charge in [-0.15, -0.1) is 0 Å². The molecule has 1 unspecified atom stereocenters. The first-order valence-corrected chi connectivity index (χ1v) is 12.2. The fourth-order valence-electron chi connectivity index (χ4n) is 4.91. The molecule has 5 heteroatoms. The Balaban J connectivity index is 2.42. The monoisotopic (exact) mass is 425 g/mol. The smallest absolute Gasteiger partial charge is 0.307 e. The van der Waals surface area contributed by atoms with Crippen molar-refractivity contribution in [2.24, 2.45) is 22.7 Å². The van der Waals surface area contributed by atoms with Crippen molar-refractivity contribution < 1.29 is 19.8 Å². The van der Waals surface area contributed by atoms with Crippen LogP contribution in [0.15, 0.2) is 0 Å². The summed E-state index contributed by atoms with van der Waals surface area (Å²) in [5.74, 6) is -0.880. The highest BCUT2D eigenvalue weighted by Crippen LogP contribution is 2.49. The van der Waals surface area contributed by atoms with Gasteiger partial charge in [0.2, 0.25) is 0 Å². The Kier molecular flexibility index (Phi) is 12.0. The first-order valence-electron chi connectivity index (χ1n) is 12.2. The van der Waals surface area contributed by atoms with Crippen molar-refractivity contribution in [1.82, 2.24) is 5.32 Å². The van der Waals surface area contributed by atoms with Gasteiger partial charge in [0.1, 0.15) is 0 Å². The highest BCUT2D eigenvalue weighted by molar-refractivity contribution is 5.71. The van der Waals surface area contributed by atoms with Gasteiger partial charge < -0.3 is 15.5 Å². The number of piperidine rings is 1. The van der Waals surface area contributed by atoms with Crippen molar-refractivity contribution in [1.29, 1.82) is 0 Å². The van der Waals surface area contributed by atoms with Gasteiger partial charge in [-0.1, -0.05) is 72.6 Å². The molecule has 3 N–H and O–H groups in total. The highest BCUT2D eigenvalue weighted by atomic mass is 16.4. The Bertz CT molecular complexity index is 509. The Morgan fingerprint density at radius 3 is 2.10 bits per heavy atom. The van der Waals surface area contributed by atoms with Crippen LogP contribution in [0.5, 0.6) is 0 Å². The molecule has 0 spiro atoms. The Morgan fingerprint density at radius 1 is 0.900 bits per heavy atom. The molecule has 1 atom stereocenters. The molecule has 0 radical (unpaired) electrons. The number of hydrogen-bond acceptors (Lipinski definition) is 3. The van der Waals surface area contributed by atoms with Gasteiger partial charge in [0, 0.05) is 6.42 Å². The Hall–Kier alpha value is -1.10. The lowest BCUT2D eigenvalue weighted by molar-refractivity contribution is -0.150. The average Bonchev–Trinajstić information content (AvgIpc) is 2.67. The van der Waals surface area contributed by atoms with E-state index in [-0.39, 0.29) is 23.2 Å². The minimum Gasteiger partial charge on any atom is -0.481 e. The van der Waals surface area contributed by atoms with E-state index in [0.717, 1.165) is 51.1 Å². The molecule has 0 aromatic heterocycles. The predicted molar refractivity (Wildman–Crippen MR) is 123 cm³/mol. The van der Waals surface area contributed by atoms with Crippen molar-refractivity contribution in [2.75, 3.05) is 13.1 Å². The molecule has 0 aromatic carbocycles. The van der Waals surface area contributed by atoms with Crippen LogP contribution in [0.3, 0.4) is 0 Å². The highest BCUT2D eigenvalue weighted by Gasteiger charge is 2.45. The van der Waals surface area contributed by atoms with E-state index in [1.807, 2.05) is 0 Å². The third-order valence-electron chi connectivity index (χ3n) is 7.92. The standard InChI is InChI=1S/C25H47NO4/c1-24(2,17-11-10-12-20-15-18-26-19-16-20)25(3,4)21(23(29)30)13-8-6-5-7-9-14-22(27)28/h20-21,26H,5-19H2,1-4H3,(H,27,28)(H,29,30). The molecule has 30 heavy (non-hydrogen) atoms. The Labute approximate surface area is 184 Å². The third-order valence-corrected chi connectivity index (χ3v) is 7.92. The van der Waals surface area contributed by atoms with E-state index in [9.17, 15) is 14.7 Å². The van der Waals surface area contributed by atoms with Crippen LogP contribution in [0.1, 0.15) is 111 Å². The van der Waals surface area contributed by atoms with Crippen molar-refractivity contribution in [3.8, 4) is 0 Å². The number of nitrogens with one attached hydrogen (secondary N) is 1. The normalized spacial score (nSPS) is 17.1. The van der Waals surface area contributed by atoms with Crippen LogP contribution >= 0.6 is 0 Å². The maximum Gasteiger partial charge on any atom is 0.307 e. The van der Waals surface area contributed by atoms with Crippen LogP contribution < -0.4 is 5.32 Å². The van der Waals surface area contributed by atoms with Gasteiger partial charge >= 0.3 is 11.9 Å². The largest absolute Gasteiger partial charge is 0.481 e. The summed E-state index contributed by atoms with van der Waals surface area (Å²) < 4.78 is 0. The van der Waals surface area contributed by atoms with E-state index >= 15 is 0 Å². The summed E-state index contributed by atoms with van der Waals surface area (Å²) in [6, 6.07) is 0.